The number of rotatable bonds is 2. The maximum Gasteiger partial charge on any atom is 0.246 e. The molecule has 2 aromatic rings. The van der Waals surface area contributed by atoms with Gasteiger partial charge in [-0.3, -0.25) is 14.5 Å². The van der Waals surface area contributed by atoms with E-state index < -0.39 is 6.04 Å². The van der Waals surface area contributed by atoms with E-state index in [0.717, 1.165) is 11.3 Å². The van der Waals surface area contributed by atoms with Crippen LogP contribution < -0.4 is 9.80 Å². The molecule has 4 rings (SSSR count). The third-order valence-electron chi connectivity index (χ3n) is 5.38. The van der Waals surface area contributed by atoms with Gasteiger partial charge in [0, 0.05) is 45.2 Å². The number of benzene rings is 2. The highest BCUT2D eigenvalue weighted by atomic mass is 19.1. The lowest BCUT2D eigenvalue weighted by Gasteiger charge is -2.38. The second-order valence-corrected chi connectivity index (χ2v) is 7.00. The lowest BCUT2D eigenvalue weighted by molar-refractivity contribution is -0.134. The van der Waals surface area contributed by atoms with Gasteiger partial charge in [0.05, 0.1) is 5.69 Å². The maximum atomic E-state index is 14.0. The molecule has 1 saturated heterocycles. The van der Waals surface area contributed by atoms with Crippen LogP contribution in [0.2, 0.25) is 0 Å². The normalized spacial score (nSPS) is 19.2. The van der Waals surface area contributed by atoms with E-state index in [0.29, 0.717) is 38.3 Å². The minimum atomic E-state index is -0.486. The summed E-state index contributed by atoms with van der Waals surface area (Å²) in [7, 11) is 0. The average Bonchev–Trinajstić information content (AvgIpc) is 3.08. The van der Waals surface area contributed by atoms with Crippen molar-refractivity contribution in [1.29, 1.82) is 0 Å². The molecule has 27 heavy (non-hydrogen) atoms. The van der Waals surface area contributed by atoms with Crippen molar-refractivity contribution < 1.29 is 14.0 Å². The Morgan fingerprint density at radius 2 is 1.56 bits per heavy atom. The fraction of sp³-hybridized carbons (Fsp3) is 0.333. The van der Waals surface area contributed by atoms with Gasteiger partial charge in [0.1, 0.15) is 11.9 Å². The van der Waals surface area contributed by atoms with Crippen LogP contribution in [0.1, 0.15) is 12.5 Å². The zero-order chi connectivity index (χ0) is 19.0. The predicted octanol–water partition coefficient (Wildman–Crippen LogP) is 2.45. The van der Waals surface area contributed by atoms with E-state index >= 15 is 0 Å². The summed E-state index contributed by atoms with van der Waals surface area (Å²) < 4.78 is 14.0. The number of fused-ring (bicyclic) bond motifs is 1. The minimum absolute atomic E-state index is 0.0328. The summed E-state index contributed by atoms with van der Waals surface area (Å²) in [5.41, 5.74) is 2.42. The number of piperazine rings is 1. The first kappa shape index (κ1) is 17.5. The van der Waals surface area contributed by atoms with E-state index in [9.17, 15) is 14.0 Å². The summed E-state index contributed by atoms with van der Waals surface area (Å²) in [4.78, 5) is 30.7. The molecule has 6 heteroatoms. The molecule has 2 heterocycles. The highest BCUT2D eigenvalue weighted by Crippen LogP contribution is 2.33. The first-order valence-electron chi connectivity index (χ1n) is 9.22. The molecule has 2 aromatic carbocycles. The van der Waals surface area contributed by atoms with Crippen LogP contribution >= 0.6 is 0 Å². The van der Waals surface area contributed by atoms with Crippen LogP contribution in [0.15, 0.2) is 48.5 Å². The van der Waals surface area contributed by atoms with Gasteiger partial charge in [-0.1, -0.05) is 30.3 Å². The van der Waals surface area contributed by atoms with Gasteiger partial charge in [-0.2, -0.15) is 0 Å². The van der Waals surface area contributed by atoms with Crippen LogP contribution in [0, 0.1) is 5.82 Å². The number of halogens is 1. The van der Waals surface area contributed by atoms with Crippen molar-refractivity contribution in [3.8, 4) is 0 Å². The number of carbonyl (C=O) groups excluding carboxylic acids is 2. The summed E-state index contributed by atoms with van der Waals surface area (Å²) >= 11 is 0. The Bertz CT molecular complexity index is 877. The monoisotopic (exact) mass is 367 g/mol. The quantitative estimate of drug-likeness (QED) is 0.819. The first-order chi connectivity index (χ1) is 13.1. The van der Waals surface area contributed by atoms with E-state index in [1.54, 1.807) is 21.9 Å². The summed E-state index contributed by atoms with van der Waals surface area (Å²) in [5, 5.41) is 0. The Balaban J connectivity index is 1.47. The van der Waals surface area contributed by atoms with Crippen LogP contribution in [-0.4, -0.2) is 48.9 Å². The van der Waals surface area contributed by atoms with Gasteiger partial charge in [0.15, 0.2) is 0 Å². The number of anilines is 2. The lowest BCUT2D eigenvalue weighted by atomic mass is 10.1. The van der Waals surface area contributed by atoms with Gasteiger partial charge in [-0.25, -0.2) is 4.39 Å². The molecule has 2 aliphatic rings. The smallest absolute Gasteiger partial charge is 0.246 e. The van der Waals surface area contributed by atoms with Gasteiger partial charge in [-0.15, -0.1) is 0 Å². The number of amides is 2. The number of hydrogen-bond donors (Lipinski definition) is 0. The molecule has 1 atom stereocenters. The molecule has 0 N–H and O–H groups in total. The van der Waals surface area contributed by atoms with E-state index in [2.05, 4.69) is 0 Å². The molecule has 2 aliphatic heterocycles. The average molecular weight is 367 g/mol. The Hall–Kier alpha value is -2.89. The molecule has 0 spiro atoms. The fourth-order valence-electron chi connectivity index (χ4n) is 4.06. The molecule has 1 fully saturated rings. The molecule has 0 unspecified atom stereocenters. The highest BCUT2D eigenvalue weighted by molar-refractivity contribution is 6.02. The van der Waals surface area contributed by atoms with Crippen LogP contribution in [0.3, 0.4) is 0 Å². The van der Waals surface area contributed by atoms with Crippen molar-refractivity contribution in [2.45, 2.75) is 19.4 Å². The van der Waals surface area contributed by atoms with Crippen LogP contribution in [-0.2, 0) is 16.0 Å². The van der Waals surface area contributed by atoms with Crippen molar-refractivity contribution in [3.63, 3.8) is 0 Å². The molecule has 5 nitrogen and oxygen atoms in total. The summed E-state index contributed by atoms with van der Waals surface area (Å²) in [6.45, 7) is 3.69. The third-order valence-corrected chi connectivity index (χ3v) is 5.38. The Labute approximate surface area is 158 Å². The second kappa shape index (κ2) is 7.02. The second-order valence-electron chi connectivity index (χ2n) is 7.00. The Kier molecular flexibility index (Phi) is 4.56. The molecule has 0 bridgehead atoms. The van der Waals surface area contributed by atoms with E-state index in [1.807, 2.05) is 35.2 Å². The molecular weight excluding hydrogens is 345 g/mol. The largest absolute Gasteiger partial charge is 0.366 e. The highest BCUT2D eigenvalue weighted by Gasteiger charge is 2.39. The molecule has 0 aromatic heterocycles. The fourth-order valence-corrected chi connectivity index (χ4v) is 4.06. The predicted molar refractivity (Wildman–Crippen MR) is 102 cm³/mol. The van der Waals surface area contributed by atoms with Gasteiger partial charge in [0.2, 0.25) is 11.8 Å². The van der Waals surface area contributed by atoms with Crippen molar-refractivity contribution in [2.75, 3.05) is 36.0 Å². The molecule has 140 valence electrons. The van der Waals surface area contributed by atoms with E-state index in [-0.39, 0.29) is 17.6 Å². The lowest BCUT2D eigenvalue weighted by Crippen LogP contribution is -2.55. The topological polar surface area (TPSA) is 43.9 Å². The van der Waals surface area contributed by atoms with Crippen molar-refractivity contribution in [1.82, 2.24) is 4.90 Å². The molecular formula is C21H22FN3O2. The van der Waals surface area contributed by atoms with Gasteiger partial charge in [-0.05, 0) is 23.8 Å². The number of nitrogens with zero attached hydrogens (tertiary/aromatic N) is 3. The zero-order valence-electron chi connectivity index (χ0n) is 15.3. The number of hydrogen-bond acceptors (Lipinski definition) is 3. The summed E-state index contributed by atoms with van der Waals surface area (Å²) in [5.74, 6) is -0.399. The van der Waals surface area contributed by atoms with Crippen LogP contribution in [0.4, 0.5) is 15.8 Å². The molecule has 2 amide bonds. The van der Waals surface area contributed by atoms with Crippen LogP contribution in [0.5, 0.6) is 0 Å². The molecule has 0 saturated carbocycles. The standard InChI is InChI=1S/C21H22FN3O2/c1-15(26)25-18-8-4-2-6-16(18)14-20(25)21(27)24-12-10-23(11-13-24)19-9-5-3-7-17(19)22/h2-9,20H,10-14H2,1H3/t20-/m1/s1. The Morgan fingerprint density at radius 3 is 2.22 bits per heavy atom. The SMILES string of the molecule is CC(=O)N1c2ccccc2C[C@@H]1C(=O)N1CCN(c2ccccc2F)CC1. The third kappa shape index (κ3) is 3.16. The van der Waals surface area contributed by atoms with E-state index in [1.165, 1.54) is 13.0 Å². The minimum Gasteiger partial charge on any atom is -0.366 e. The van der Waals surface area contributed by atoms with Crippen molar-refractivity contribution >= 4 is 23.2 Å². The summed E-state index contributed by atoms with van der Waals surface area (Å²) in [6.07, 6.45) is 0.544. The number of carbonyl (C=O) groups is 2. The molecule has 0 aliphatic carbocycles. The maximum absolute atomic E-state index is 14.0. The first-order valence-corrected chi connectivity index (χ1v) is 9.22. The summed E-state index contributed by atoms with van der Waals surface area (Å²) in [6, 6.07) is 13.9. The Morgan fingerprint density at radius 1 is 0.926 bits per heavy atom. The van der Waals surface area contributed by atoms with E-state index in [4.69, 9.17) is 0 Å². The van der Waals surface area contributed by atoms with Gasteiger partial charge >= 0.3 is 0 Å². The zero-order valence-corrected chi connectivity index (χ0v) is 15.3. The van der Waals surface area contributed by atoms with Crippen molar-refractivity contribution in [2.24, 2.45) is 0 Å². The van der Waals surface area contributed by atoms with Crippen LogP contribution in [0.25, 0.3) is 0 Å². The van der Waals surface area contributed by atoms with Gasteiger partial charge < -0.3 is 9.80 Å². The molecule has 0 radical (unpaired) electrons. The number of para-hydroxylation sites is 2. The van der Waals surface area contributed by atoms with Gasteiger partial charge in [0.25, 0.3) is 0 Å². The van der Waals surface area contributed by atoms with Crippen molar-refractivity contribution in [3.05, 3.63) is 59.9 Å².